The average Bonchev–Trinajstić information content (AvgIpc) is 2.25. The van der Waals surface area contributed by atoms with Crippen LogP contribution in [0.5, 0.6) is 0 Å². The van der Waals surface area contributed by atoms with Crippen LogP contribution in [0.25, 0.3) is 0 Å². The van der Waals surface area contributed by atoms with E-state index < -0.39 is 14.3 Å². The molecule has 0 amide bonds. The van der Waals surface area contributed by atoms with Crippen LogP contribution in [-0.4, -0.2) is 29.4 Å². The maximum Gasteiger partial charge on any atom is 0.354 e. The molecule has 5 nitrogen and oxygen atoms in total. The van der Waals surface area contributed by atoms with Crippen LogP contribution in [0, 0.1) is 0 Å². The smallest absolute Gasteiger partial charge is 0.354 e. The van der Waals surface area contributed by atoms with E-state index in [1.165, 1.54) is 12.4 Å². The highest BCUT2D eigenvalue weighted by molar-refractivity contribution is 6.74. The van der Waals surface area contributed by atoms with Crippen molar-refractivity contribution in [1.82, 2.24) is 9.97 Å². The summed E-state index contributed by atoms with van der Waals surface area (Å²) in [6, 6.07) is 1.45. The Hall–Kier alpha value is -1.27. The zero-order chi connectivity index (χ0) is 14.0. The van der Waals surface area contributed by atoms with Gasteiger partial charge in [0.25, 0.3) is 0 Å². The highest BCUT2D eigenvalue weighted by Gasteiger charge is 2.37. The lowest BCUT2D eigenvalue weighted by Gasteiger charge is -2.36. The molecule has 0 spiro atoms. The summed E-state index contributed by atoms with van der Waals surface area (Å²) in [5.74, 6) is -1.05. The van der Waals surface area contributed by atoms with Crippen LogP contribution in [0.3, 0.4) is 0 Å². The Kier molecular flexibility index (Phi) is 4.23. The number of carbonyl (C=O) groups is 1. The molecule has 0 atom stereocenters. The Morgan fingerprint density at radius 2 is 2.00 bits per heavy atom. The summed E-state index contributed by atoms with van der Waals surface area (Å²) < 4.78 is 5.97. The lowest BCUT2D eigenvalue weighted by Crippen LogP contribution is -2.40. The van der Waals surface area contributed by atoms with Gasteiger partial charge in [-0.15, -0.1) is 0 Å². The van der Waals surface area contributed by atoms with Gasteiger partial charge in [-0.05, 0) is 24.2 Å². The maximum atomic E-state index is 10.8. The first kappa shape index (κ1) is 14.8. The molecule has 0 aliphatic rings. The van der Waals surface area contributed by atoms with E-state index in [2.05, 4.69) is 43.8 Å². The molecule has 0 aliphatic carbocycles. The lowest BCUT2D eigenvalue weighted by molar-refractivity contribution is 0.0690. The van der Waals surface area contributed by atoms with Crippen LogP contribution in [-0.2, 0) is 11.0 Å². The van der Waals surface area contributed by atoms with Crippen LogP contribution >= 0.6 is 0 Å². The number of hydrogen-bond acceptors (Lipinski definition) is 4. The predicted molar refractivity (Wildman–Crippen MR) is 71.0 cm³/mol. The Bertz CT molecular complexity index is 441. The number of carboxylic acid groups (broad SMARTS) is 1. The van der Waals surface area contributed by atoms with E-state index in [0.717, 1.165) is 0 Å². The number of rotatable bonds is 4. The van der Waals surface area contributed by atoms with E-state index in [9.17, 15) is 4.79 Å². The van der Waals surface area contributed by atoms with Crippen molar-refractivity contribution < 1.29 is 14.3 Å². The van der Waals surface area contributed by atoms with Crippen LogP contribution in [0.4, 0.5) is 0 Å². The molecule has 18 heavy (non-hydrogen) atoms. The second kappa shape index (κ2) is 5.15. The topological polar surface area (TPSA) is 72.3 Å². The Morgan fingerprint density at radius 3 is 2.50 bits per heavy atom. The SMILES string of the molecule is CC(C)(C)[Si](C)(C)OCc1cc(C(=O)O)ncn1. The first-order valence-electron chi connectivity index (χ1n) is 5.82. The monoisotopic (exact) mass is 268 g/mol. The Morgan fingerprint density at radius 1 is 1.39 bits per heavy atom. The second-order valence-corrected chi connectivity index (χ2v) is 10.6. The molecule has 0 bridgehead atoms. The third kappa shape index (κ3) is 3.61. The molecule has 0 aromatic carbocycles. The van der Waals surface area contributed by atoms with E-state index in [-0.39, 0.29) is 10.7 Å². The van der Waals surface area contributed by atoms with Gasteiger partial charge < -0.3 is 9.53 Å². The van der Waals surface area contributed by atoms with E-state index >= 15 is 0 Å². The van der Waals surface area contributed by atoms with Gasteiger partial charge in [-0.3, -0.25) is 0 Å². The van der Waals surface area contributed by atoms with E-state index in [0.29, 0.717) is 12.3 Å². The van der Waals surface area contributed by atoms with Gasteiger partial charge in [-0.1, -0.05) is 20.8 Å². The summed E-state index contributed by atoms with van der Waals surface area (Å²) in [7, 11) is -1.84. The zero-order valence-electron chi connectivity index (χ0n) is 11.5. The molecule has 0 fully saturated rings. The minimum Gasteiger partial charge on any atom is -0.477 e. The first-order valence-corrected chi connectivity index (χ1v) is 8.72. The first-order chi connectivity index (χ1) is 8.13. The number of carboxylic acids is 1. The van der Waals surface area contributed by atoms with E-state index in [1.807, 2.05) is 0 Å². The standard InChI is InChI=1S/C12H20N2O3Si/c1-12(2,3)18(4,5)17-7-9-6-10(11(15)16)14-8-13-9/h6,8H,7H2,1-5H3,(H,15,16). The molecule has 1 aromatic rings. The number of aromatic nitrogens is 2. The van der Waals surface area contributed by atoms with Crippen molar-refractivity contribution in [3.05, 3.63) is 23.8 Å². The third-order valence-electron chi connectivity index (χ3n) is 3.33. The van der Waals surface area contributed by atoms with E-state index in [1.54, 1.807) is 0 Å². The molecule has 0 radical (unpaired) electrons. The summed E-state index contributed by atoms with van der Waals surface area (Å²) in [4.78, 5) is 18.5. The summed E-state index contributed by atoms with van der Waals surface area (Å²) in [5.41, 5.74) is 0.603. The molecule has 1 rings (SSSR count). The van der Waals surface area contributed by atoms with E-state index in [4.69, 9.17) is 9.53 Å². The van der Waals surface area contributed by atoms with Gasteiger partial charge in [0, 0.05) is 0 Å². The van der Waals surface area contributed by atoms with Crippen molar-refractivity contribution in [2.24, 2.45) is 0 Å². The molecule has 0 unspecified atom stereocenters. The van der Waals surface area contributed by atoms with Crippen molar-refractivity contribution in [3.8, 4) is 0 Å². The van der Waals surface area contributed by atoms with Crippen LogP contribution in [0.1, 0.15) is 37.0 Å². The summed E-state index contributed by atoms with van der Waals surface area (Å²) in [6.07, 6.45) is 1.26. The third-order valence-corrected chi connectivity index (χ3v) is 7.81. The lowest BCUT2D eigenvalue weighted by atomic mass is 10.2. The molecule has 0 saturated carbocycles. The van der Waals surface area contributed by atoms with Gasteiger partial charge in [-0.25, -0.2) is 14.8 Å². The molecule has 100 valence electrons. The van der Waals surface area contributed by atoms with Gasteiger partial charge >= 0.3 is 5.97 Å². The molecular weight excluding hydrogens is 248 g/mol. The number of aromatic carboxylic acids is 1. The number of hydrogen-bond donors (Lipinski definition) is 1. The zero-order valence-corrected chi connectivity index (χ0v) is 12.5. The Balaban J connectivity index is 2.75. The van der Waals surface area contributed by atoms with Gasteiger partial charge in [0.2, 0.25) is 0 Å². The maximum absolute atomic E-state index is 10.8. The van der Waals surface area contributed by atoms with Gasteiger partial charge in [-0.2, -0.15) is 0 Å². The van der Waals surface area contributed by atoms with Gasteiger partial charge in [0.1, 0.15) is 6.33 Å². The molecule has 1 heterocycles. The highest BCUT2D eigenvalue weighted by atomic mass is 28.4. The van der Waals surface area contributed by atoms with Crippen molar-refractivity contribution in [2.75, 3.05) is 0 Å². The van der Waals surface area contributed by atoms with Crippen molar-refractivity contribution >= 4 is 14.3 Å². The molecule has 6 heteroatoms. The molecule has 1 aromatic heterocycles. The fourth-order valence-corrected chi connectivity index (χ4v) is 2.01. The normalized spacial score (nSPS) is 12.5. The largest absolute Gasteiger partial charge is 0.477 e. The summed E-state index contributed by atoms with van der Waals surface area (Å²) >= 11 is 0. The van der Waals surface area contributed by atoms with Crippen molar-refractivity contribution in [2.45, 2.75) is 45.5 Å². The molecule has 1 N–H and O–H groups in total. The Labute approximate surface area is 108 Å². The fraction of sp³-hybridized carbons (Fsp3) is 0.583. The fourth-order valence-electron chi connectivity index (χ4n) is 1.06. The minimum absolute atomic E-state index is 0.00108. The highest BCUT2D eigenvalue weighted by Crippen LogP contribution is 2.36. The average molecular weight is 268 g/mol. The summed E-state index contributed by atoms with van der Waals surface area (Å²) in [5, 5.41) is 8.96. The molecule has 0 saturated heterocycles. The van der Waals surface area contributed by atoms with Crippen LogP contribution in [0.2, 0.25) is 18.1 Å². The van der Waals surface area contributed by atoms with Crippen LogP contribution < -0.4 is 0 Å². The second-order valence-electron chi connectivity index (χ2n) is 5.75. The van der Waals surface area contributed by atoms with Crippen molar-refractivity contribution in [3.63, 3.8) is 0 Å². The summed E-state index contributed by atoms with van der Waals surface area (Å²) in [6.45, 7) is 11.1. The quantitative estimate of drug-likeness (QED) is 0.850. The van der Waals surface area contributed by atoms with Gasteiger partial charge in [0.15, 0.2) is 14.0 Å². The molecule has 0 aliphatic heterocycles. The predicted octanol–water partition coefficient (Wildman–Crippen LogP) is 2.70. The van der Waals surface area contributed by atoms with Gasteiger partial charge in [0.05, 0.1) is 12.3 Å². The minimum atomic E-state index is -1.84. The van der Waals surface area contributed by atoms with Crippen molar-refractivity contribution in [1.29, 1.82) is 0 Å². The number of nitrogens with zero attached hydrogens (tertiary/aromatic N) is 2. The van der Waals surface area contributed by atoms with Crippen LogP contribution in [0.15, 0.2) is 12.4 Å². The molecular formula is C12H20N2O3Si.